The average molecular weight is 224 g/mol. The number of hydrogen-bond acceptors (Lipinski definition) is 3. The topological polar surface area (TPSA) is 45.9 Å². The smallest absolute Gasteiger partial charge is 0.140 e. The van der Waals surface area contributed by atoms with Crippen molar-refractivity contribution >= 4 is 0 Å². The van der Waals surface area contributed by atoms with Crippen LogP contribution < -0.4 is 4.74 Å². The standard InChI is InChI=1S/C14H12N2O/c1-17-14-7-5-11(6-8-14)9-12-3-2-4-13(10-15)16-12/h2-8H,9H2,1H3. The lowest BCUT2D eigenvalue weighted by Gasteiger charge is -2.03. The Kier molecular flexibility index (Phi) is 3.37. The highest BCUT2D eigenvalue weighted by atomic mass is 16.5. The van der Waals surface area contributed by atoms with Gasteiger partial charge in [-0.2, -0.15) is 5.26 Å². The van der Waals surface area contributed by atoms with Crippen LogP contribution in [0.4, 0.5) is 0 Å². The SMILES string of the molecule is COc1ccc(Cc2cccc(C#N)n2)cc1. The van der Waals surface area contributed by atoms with Gasteiger partial charge in [0.25, 0.3) is 0 Å². The largest absolute Gasteiger partial charge is 0.497 e. The fourth-order valence-corrected chi connectivity index (χ4v) is 1.59. The van der Waals surface area contributed by atoms with Crippen molar-refractivity contribution < 1.29 is 4.74 Å². The summed E-state index contributed by atoms with van der Waals surface area (Å²) < 4.78 is 5.10. The van der Waals surface area contributed by atoms with E-state index in [0.29, 0.717) is 5.69 Å². The van der Waals surface area contributed by atoms with E-state index in [4.69, 9.17) is 10.00 Å². The first-order valence-electron chi connectivity index (χ1n) is 5.31. The van der Waals surface area contributed by atoms with Gasteiger partial charge in [0, 0.05) is 12.1 Å². The van der Waals surface area contributed by atoms with Crippen molar-refractivity contribution in [1.82, 2.24) is 4.98 Å². The van der Waals surface area contributed by atoms with Crippen molar-refractivity contribution in [3.8, 4) is 11.8 Å². The fourth-order valence-electron chi connectivity index (χ4n) is 1.59. The molecule has 0 amide bonds. The maximum Gasteiger partial charge on any atom is 0.140 e. The van der Waals surface area contributed by atoms with Gasteiger partial charge < -0.3 is 4.74 Å². The average Bonchev–Trinajstić information content (AvgIpc) is 2.40. The second-order valence-electron chi connectivity index (χ2n) is 3.65. The molecule has 17 heavy (non-hydrogen) atoms. The summed E-state index contributed by atoms with van der Waals surface area (Å²) in [6.07, 6.45) is 0.722. The van der Waals surface area contributed by atoms with Gasteiger partial charge >= 0.3 is 0 Å². The van der Waals surface area contributed by atoms with E-state index >= 15 is 0 Å². The summed E-state index contributed by atoms with van der Waals surface area (Å²) in [5, 5.41) is 8.77. The first-order valence-corrected chi connectivity index (χ1v) is 5.31. The molecule has 3 heteroatoms. The van der Waals surface area contributed by atoms with E-state index in [2.05, 4.69) is 4.98 Å². The van der Waals surface area contributed by atoms with Crippen LogP contribution in [0, 0.1) is 11.3 Å². The van der Waals surface area contributed by atoms with E-state index in [0.717, 1.165) is 23.4 Å². The fraction of sp³-hybridized carbons (Fsp3) is 0.143. The molecule has 0 aliphatic rings. The van der Waals surface area contributed by atoms with Gasteiger partial charge in [-0.1, -0.05) is 18.2 Å². The molecule has 0 N–H and O–H groups in total. The molecule has 2 rings (SSSR count). The van der Waals surface area contributed by atoms with E-state index in [-0.39, 0.29) is 0 Å². The van der Waals surface area contributed by atoms with Crippen LogP contribution in [0.1, 0.15) is 17.0 Å². The molecular formula is C14H12N2O. The molecule has 1 aromatic carbocycles. The van der Waals surface area contributed by atoms with Gasteiger partial charge in [-0.3, -0.25) is 0 Å². The van der Waals surface area contributed by atoms with Crippen molar-refractivity contribution in [2.75, 3.05) is 7.11 Å². The molecule has 0 fully saturated rings. The van der Waals surface area contributed by atoms with Gasteiger partial charge in [0.05, 0.1) is 7.11 Å². The zero-order valence-corrected chi connectivity index (χ0v) is 9.55. The van der Waals surface area contributed by atoms with Crippen LogP contribution in [-0.4, -0.2) is 12.1 Å². The predicted molar refractivity (Wildman–Crippen MR) is 64.8 cm³/mol. The van der Waals surface area contributed by atoms with Gasteiger partial charge in [0.15, 0.2) is 0 Å². The van der Waals surface area contributed by atoms with Crippen molar-refractivity contribution in [3.05, 3.63) is 59.4 Å². The number of hydrogen-bond donors (Lipinski definition) is 0. The van der Waals surface area contributed by atoms with E-state index in [1.54, 1.807) is 13.2 Å². The van der Waals surface area contributed by atoms with Crippen LogP contribution in [0.15, 0.2) is 42.5 Å². The Bertz CT molecular complexity index is 541. The lowest BCUT2D eigenvalue weighted by molar-refractivity contribution is 0.414. The summed E-state index contributed by atoms with van der Waals surface area (Å²) in [5.74, 6) is 0.840. The molecule has 2 aromatic rings. The molecule has 1 heterocycles. The molecule has 1 aromatic heterocycles. The lowest BCUT2D eigenvalue weighted by atomic mass is 10.1. The second kappa shape index (κ2) is 5.13. The molecule has 0 spiro atoms. The van der Waals surface area contributed by atoms with Crippen LogP contribution in [-0.2, 0) is 6.42 Å². The molecular weight excluding hydrogens is 212 g/mol. The van der Waals surface area contributed by atoms with Crippen LogP contribution in [0.5, 0.6) is 5.75 Å². The minimum Gasteiger partial charge on any atom is -0.497 e. The Balaban J connectivity index is 2.16. The monoisotopic (exact) mass is 224 g/mol. The zero-order valence-electron chi connectivity index (χ0n) is 9.55. The third-order valence-electron chi connectivity index (χ3n) is 2.47. The number of methoxy groups -OCH3 is 1. The van der Waals surface area contributed by atoms with Gasteiger partial charge in [0.1, 0.15) is 17.5 Å². The molecule has 0 unspecified atom stereocenters. The number of rotatable bonds is 3. The van der Waals surface area contributed by atoms with E-state index in [1.165, 1.54) is 0 Å². The van der Waals surface area contributed by atoms with E-state index in [9.17, 15) is 0 Å². The summed E-state index contributed by atoms with van der Waals surface area (Å²) in [5.41, 5.74) is 2.50. The zero-order chi connectivity index (χ0) is 12.1. The van der Waals surface area contributed by atoms with Crippen LogP contribution in [0.25, 0.3) is 0 Å². The maximum atomic E-state index is 8.77. The molecule has 0 saturated heterocycles. The predicted octanol–water partition coefficient (Wildman–Crippen LogP) is 2.55. The Morgan fingerprint density at radius 2 is 1.94 bits per heavy atom. The first kappa shape index (κ1) is 11.2. The number of ether oxygens (including phenoxy) is 1. The molecule has 0 radical (unpaired) electrons. The van der Waals surface area contributed by atoms with Crippen LogP contribution >= 0.6 is 0 Å². The molecule has 0 aliphatic heterocycles. The maximum absolute atomic E-state index is 8.77. The van der Waals surface area contributed by atoms with Crippen molar-refractivity contribution in [2.24, 2.45) is 0 Å². The van der Waals surface area contributed by atoms with Gasteiger partial charge in [-0.25, -0.2) is 4.98 Å². The molecule has 84 valence electrons. The Labute approximate surface area is 100 Å². The molecule has 0 saturated carbocycles. The van der Waals surface area contributed by atoms with Gasteiger partial charge in [-0.15, -0.1) is 0 Å². The highest BCUT2D eigenvalue weighted by Crippen LogP contribution is 2.14. The first-order chi connectivity index (χ1) is 8.31. The van der Waals surface area contributed by atoms with Crippen molar-refractivity contribution in [2.45, 2.75) is 6.42 Å². The van der Waals surface area contributed by atoms with Crippen molar-refractivity contribution in [1.29, 1.82) is 5.26 Å². The second-order valence-corrected chi connectivity index (χ2v) is 3.65. The Hall–Kier alpha value is -2.34. The van der Waals surface area contributed by atoms with Crippen LogP contribution in [0.2, 0.25) is 0 Å². The van der Waals surface area contributed by atoms with E-state index < -0.39 is 0 Å². The highest BCUT2D eigenvalue weighted by molar-refractivity contribution is 5.31. The number of nitriles is 1. The molecule has 0 atom stereocenters. The van der Waals surface area contributed by atoms with E-state index in [1.807, 2.05) is 42.5 Å². The third-order valence-corrected chi connectivity index (χ3v) is 2.47. The molecule has 0 aliphatic carbocycles. The van der Waals surface area contributed by atoms with Crippen molar-refractivity contribution in [3.63, 3.8) is 0 Å². The summed E-state index contributed by atoms with van der Waals surface area (Å²) in [6.45, 7) is 0. The third kappa shape index (κ3) is 2.82. The quantitative estimate of drug-likeness (QED) is 0.804. The summed E-state index contributed by atoms with van der Waals surface area (Å²) in [4.78, 5) is 4.24. The minimum atomic E-state index is 0.455. The number of aromatic nitrogens is 1. The normalized spacial score (nSPS) is 9.65. The molecule has 3 nitrogen and oxygen atoms in total. The highest BCUT2D eigenvalue weighted by Gasteiger charge is 2.00. The van der Waals surface area contributed by atoms with Gasteiger partial charge in [0.2, 0.25) is 0 Å². The minimum absolute atomic E-state index is 0.455. The molecule has 0 bridgehead atoms. The summed E-state index contributed by atoms with van der Waals surface area (Å²) in [6, 6.07) is 15.4. The summed E-state index contributed by atoms with van der Waals surface area (Å²) >= 11 is 0. The van der Waals surface area contributed by atoms with Crippen LogP contribution in [0.3, 0.4) is 0 Å². The Morgan fingerprint density at radius 1 is 1.18 bits per heavy atom. The Morgan fingerprint density at radius 3 is 2.59 bits per heavy atom. The summed E-state index contributed by atoms with van der Waals surface area (Å²) in [7, 11) is 1.65. The lowest BCUT2D eigenvalue weighted by Crippen LogP contribution is -1.94. The van der Waals surface area contributed by atoms with Gasteiger partial charge in [-0.05, 0) is 29.8 Å². The number of benzene rings is 1. The number of nitrogens with zero attached hydrogens (tertiary/aromatic N) is 2. The number of pyridine rings is 1.